The van der Waals surface area contributed by atoms with E-state index < -0.39 is 32.6 Å². The van der Waals surface area contributed by atoms with Gasteiger partial charge in [-0.15, -0.1) is 0 Å². The Morgan fingerprint density at radius 3 is 2.47 bits per heavy atom. The van der Waals surface area contributed by atoms with Crippen LogP contribution in [0.5, 0.6) is 0 Å². The van der Waals surface area contributed by atoms with Crippen molar-refractivity contribution in [3.8, 4) is 0 Å². The van der Waals surface area contributed by atoms with Crippen molar-refractivity contribution in [3.05, 3.63) is 29.8 Å². The third kappa shape index (κ3) is 2.93. The lowest BCUT2D eigenvalue weighted by atomic mass is 10.1. The summed E-state index contributed by atoms with van der Waals surface area (Å²) in [7, 11) is -4.26. The van der Waals surface area contributed by atoms with Gasteiger partial charge in [-0.25, -0.2) is 21.9 Å². The van der Waals surface area contributed by atoms with Gasteiger partial charge in [-0.05, 0) is 30.9 Å². The quantitative estimate of drug-likeness (QED) is 0.881. The molecular formula is C12H15F2NO3S. The van der Waals surface area contributed by atoms with Crippen molar-refractivity contribution in [1.29, 1.82) is 0 Å². The molecule has 0 radical (unpaired) electrons. The summed E-state index contributed by atoms with van der Waals surface area (Å²) in [4.78, 5) is -0.960. The molecule has 1 aliphatic rings. The summed E-state index contributed by atoms with van der Waals surface area (Å²) in [5.74, 6) is -2.44. The largest absolute Gasteiger partial charge is 0.396 e. The Hall–Kier alpha value is -1.05. The van der Waals surface area contributed by atoms with Crippen LogP contribution in [0.1, 0.15) is 19.3 Å². The van der Waals surface area contributed by atoms with Crippen molar-refractivity contribution in [2.24, 2.45) is 5.92 Å². The topological polar surface area (TPSA) is 66.4 Å². The highest BCUT2D eigenvalue weighted by atomic mass is 32.2. The predicted molar refractivity (Wildman–Crippen MR) is 64.9 cm³/mol. The van der Waals surface area contributed by atoms with Gasteiger partial charge in [0.25, 0.3) is 0 Å². The van der Waals surface area contributed by atoms with E-state index in [2.05, 4.69) is 4.72 Å². The van der Waals surface area contributed by atoms with Gasteiger partial charge in [0.2, 0.25) is 10.0 Å². The molecule has 0 heterocycles. The highest BCUT2D eigenvalue weighted by molar-refractivity contribution is 7.89. The summed E-state index contributed by atoms with van der Waals surface area (Å²) >= 11 is 0. The molecule has 2 atom stereocenters. The first kappa shape index (κ1) is 14.4. The number of sulfonamides is 1. The zero-order valence-electron chi connectivity index (χ0n) is 10.1. The number of aliphatic hydroxyl groups is 1. The molecule has 0 spiro atoms. The lowest BCUT2D eigenvalue weighted by molar-refractivity contribution is 0.213. The minimum atomic E-state index is -4.26. The Balaban J connectivity index is 2.28. The molecular weight excluding hydrogens is 276 g/mol. The zero-order valence-corrected chi connectivity index (χ0v) is 11.0. The van der Waals surface area contributed by atoms with Crippen LogP contribution in [-0.4, -0.2) is 26.2 Å². The van der Waals surface area contributed by atoms with Crippen LogP contribution < -0.4 is 4.72 Å². The number of hydrogen-bond acceptors (Lipinski definition) is 3. The molecule has 1 saturated carbocycles. The first-order chi connectivity index (χ1) is 8.95. The van der Waals surface area contributed by atoms with Crippen molar-refractivity contribution in [3.63, 3.8) is 0 Å². The summed E-state index contributed by atoms with van der Waals surface area (Å²) in [5, 5.41) is 9.13. The average molecular weight is 291 g/mol. The highest BCUT2D eigenvalue weighted by Crippen LogP contribution is 2.27. The summed E-state index contributed by atoms with van der Waals surface area (Å²) in [6, 6.07) is 2.43. The third-order valence-electron chi connectivity index (χ3n) is 3.39. The van der Waals surface area contributed by atoms with E-state index in [-0.39, 0.29) is 12.5 Å². The van der Waals surface area contributed by atoms with Gasteiger partial charge in [0.15, 0.2) is 4.90 Å². The standard InChI is InChI=1S/C12H15F2NO3S/c13-9-4-2-5-10(14)12(9)19(17,18)15-11-6-1-3-8(11)7-16/h2,4-5,8,11,15-16H,1,3,6-7H2. The van der Waals surface area contributed by atoms with E-state index in [1.165, 1.54) is 0 Å². The van der Waals surface area contributed by atoms with Gasteiger partial charge in [-0.2, -0.15) is 0 Å². The lowest BCUT2D eigenvalue weighted by Crippen LogP contribution is -2.39. The van der Waals surface area contributed by atoms with E-state index in [4.69, 9.17) is 5.11 Å². The van der Waals surface area contributed by atoms with E-state index in [0.717, 1.165) is 24.6 Å². The van der Waals surface area contributed by atoms with Crippen molar-refractivity contribution < 1.29 is 22.3 Å². The van der Waals surface area contributed by atoms with E-state index in [1.807, 2.05) is 0 Å². The molecule has 0 aromatic heterocycles. The number of aliphatic hydroxyl groups excluding tert-OH is 1. The minimum absolute atomic E-state index is 0.146. The van der Waals surface area contributed by atoms with Gasteiger partial charge in [0, 0.05) is 12.6 Å². The van der Waals surface area contributed by atoms with E-state index in [9.17, 15) is 17.2 Å². The molecule has 1 aliphatic carbocycles. The number of benzene rings is 1. The van der Waals surface area contributed by atoms with E-state index >= 15 is 0 Å². The number of rotatable bonds is 4. The van der Waals surface area contributed by atoms with Gasteiger partial charge in [0.05, 0.1) is 0 Å². The van der Waals surface area contributed by atoms with Crippen LogP contribution in [0.25, 0.3) is 0 Å². The Morgan fingerprint density at radius 1 is 1.26 bits per heavy atom. The molecule has 0 saturated heterocycles. The van der Waals surface area contributed by atoms with Gasteiger partial charge in [-0.3, -0.25) is 0 Å². The second-order valence-electron chi connectivity index (χ2n) is 4.65. The van der Waals surface area contributed by atoms with Crippen molar-refractivity contribution in [2.75, 3.05) is 6.61 Å². The van der Waals surface area contributed by atoms with Crippen LogP contribution in [-0.2, 0) is 10.0 Å². The molecule has 2 rings (SSSR count). The molecule has 19 heavy (non-hydrogen) atoms. The number of halogens is 2. The Kier molecular flexibility index (Phi) is 4.17. The molecule has 7 heteroatoms. The van der Waals surface area contributed by atoms with Crippen molar-refractivity contribution in [1.82, 2.24) is 4.72 Å². The lowest BCUT2D eigenvalue weighted by Gasteiger charge is -2.19. The number of nitrogens with one attached hydrogen (secondary N) is 1. The van der Waals surface area contributed by atoms with Crippen LogP contribution in [0.4, 0.5) is 8.78 Å². The van der Waals surface area contributed by atoms with Crippen LogP contribution >= 0.6 is 0 Å². The molecule has 2 N–H and O–H groups in total. The molecule has 2 unspecified atom stereocenters. The summed E-state index contributed by atoms with van der Waals surface area (Å²) in [6.45, 7) is -0.146. The van der Waals surface area contributed by atoms with Crippen molar-refractivity contribution in [2.45, 2.75) is 30.2 Å². The molecule has 1 aromatic rings. The molecule has 0 aliphatic heterocycles. The van der Waals surface area contributed by atoms with Gasteiger partial charge >= 0.3 is 0 Å². The predicted octanol–water partition coefficient (Wildman–Crippen LogP) is 1.40. The summed E-state index contributed by atoms with van der Waals surface area (Å²) < 4.78 is 53.3. The van der Waals surface area contributed by atoms with Gasteiger partial charge < -0.3 is 5.11 Å². The average Bonchev–Trinajstić information content (AvgIpc) is 2.74. The molecule has 0 amide bonds. The summed E-state index contributed by atoms with van der Waals surface area (Å²) in [6.07, 6.45) is 2.03. The Morgan fingerprint density at radius 2 is 1.89 bits per heavy atom. The highest BCUT2D eigenvalue weighted by Gasteiger charge is 2.33. The Labute approximate surface area is 110 Å². The zero-order chi connectivity index (χ0) is 14.0. The second-order valence-corrected chi connectivity index (χ2v) is 6.30. The van der Waals surface area contributed by atoms with Crippen LogP contribution in [0.15, 0.2) is 23.1 Å². The molecule has 4 nitrogen and oxygen atoms in total. The monoisotopic (exact) mass is 291 g/mol. The fourth-order valence-electron chi connectivity index (χ4n) is 2.41. The fourth-order valence-corrected chi connectivity index (χ4v) is 3.88. The van der Waals surface area contributed by atoms with Crippen molar-refractivity contribution >= 4 is 10.0 Å². The Bertz CT molecular complexity index is 542. The minimum Gasteiger partial charge on any atom is -0.396 e. The van der Waals surface area contributed by atoms with E-state index in [1.54, 1.807) is 0 Å². The maximum Gasteiger partial charge on any atom is 0.246 e. The van der Waals surface area contributed by atoms with Crippen LogP contribution in [0.2, 0.25) is 0 Å². The number of hydrogen-bond donors (Lipinski definition) is 2. The normalized spacial score (nSPS) is 23.7. The molecule has 1 aromatic carbocycles. The summed E-state index contributed by atoms with van der Waals surface area (Å²) in [5.41, 5.74) is 0. The fraction of sp³-hybridized carbons (Fsp3) is 0.500. The molecule has 1 fully saturated rings. The molecule has 106 valence electrons. The SMILES string of the molecule is O=S(=O)(NC1CCCC1CO)c1c(F)cccc1F. The second kappa shape index (κ2) is 5.52. The third-order valence-corrected chi connectivity index (χ3v) is 4.93. The first-order valence-electron chi connectivity index (χ1n) is 6.03. The maximum absolute atomic E-state index is 13.5. The van der Waals surface area contributed by atoms with E-state index in [0.29, 0.717) is 12.8 Å². The van der Waals surface area contributed by atoms with Crippen LogP contribution in [0, 0.1) is 17.6 Å². The van der Waals surface area contributed by atoms with Gasteiger partial charge in [-0.1, -0.05) is 12.5 Å². The maximum atomic E-state index is 13.5. The van der Waals surface area contributed by atoms with Crippen LogP contribution in [0.3, 0.4) is 0 Å². The smallest absolute Gasteiger partial charge is 0.246 e. The van der Waals surface area contributed by atoms with Gasteiger partial charge in [0.1, 0.15) is 11.6 Å². The first-order valence-corrected chi connectivity index (χ1v) is 7.51. The molecule has 0 bridgehead atoms.